The first-order chi connectivity index (χ1) is 70.3. The minimum Gasteiger partial charge on any atom is -0.455 e. The lowest BCUT2D eigenvalue weighted by atomic mass is 9.44. The summed E-state index contributed by atoms with van der Waals surface area (Å²) in [6.45, 7) is 12.7. The van der Waals surface area contributed by atoms with E-state index in [0.717, 1.165) is 37.5 Å². The third-order valence-electron chi connectivity index (χ3n) is 31.9. The Bertz CT molecular complexity index is 5830. The number of ketones is 2. The van der Waals surface area contributed by atoms with Gasteiger partial charge in [-0.05, 0) is 135 Å². The molecule has 10 aliphatic rings. The number of amides is 4. The second-order valence-corrected chi connectivity index (χ2v) is 41.1. The number of rotatable bonds is 31. The van der Waals surface area contributed by atoms with Crippen molar-refractivity contribution in [3.8, 4) is 0 Å². The van der Waals surface area contributed by atoms with Crippen molar-refractivity contribution >= 4 is 94.9 Å². The maximum Gasteiger partial charge on any atom is 0.350 e. The van der Waals surface area contributed by atoms with E-state index in [1.807, 2.05) is 0 Å². The highest BCUT2D eigenvalue weighted by Crippen LogP contribution is 2.68. The fourth-order valence-corrected chi connectivity index (χ4v) is 24.2. The summed E-state index contributed by atoms with van der Waals surface area (Å²) in [7, 11) is 0. The standard InChI is InChI=1S/C110H122N4O34/c1-59-73(53-109(133)93(145-97(127)69-41-27-17-28-42-69)89-105(11,75(119)51-77-107(89,57-137-77)147-63(5)117)91(123)85(139-61(3)115)81(59)103(109,7)8)141-101(131)87(83(65-33-19-13-20-34-65)111-95(125)67-37-23-15-24-38-67)143-99(129)71-45-31-47-113(71)79(121)55-135-49-50-136-56-80(122)114-48-32-46-72(114)100(130)144-88(84(66-35-21-14-22-36-66)112-96(126)68-39-25-16-26-40-68)102(132)142-74-54-110(134)94(146-98(128)70-43-29-18-30-44-70)90-106(12,76(120)52-78-108(90,58-138-78)148-64(6)118)92(124)86(140-62(4)116)82(60(74)2)104(110,9)10/h13-30,33-44,71-78,83-90,93-94,119-120,133-134H,31-32,45-58H2,1-12H3,(H,111,125)(H,112,126)/t71-,72-,73-,74-,75-,76-,77+,78+,83-,84-,85+,86+,87+,88+,89?,90?,93?,94?,105+,106+,107-,108-,109+,110+/m0/s1. The van der Waals surface area contributed by atoms with Crippen LogP contribution in [0.5, 0.6) is 0 Å². The highest BCUT2D eigenvalue weighted by molar-refractivity contribution is 6.00. The molecule has 4 saturated carbocycles. The van der Waals surface area contributed by atoms with E-state index in [0.29, 0.717) is 0 Å². The van der Waals surface area contributed by atoms with Crippen molar-refractivity contribution in [3.05, 3.63) is 238 Å². The second-order valence-electron chi connectivity index (χ2n) is 41.1. The van der Waals surface area contributed by atoms with E-state index in [2.05, 4.69) is 10.6 Å². The Balaban J connectivity index is 0.641. The van der Waals surface area contributed by atoms with Crippen LogP contribution in [-0.2, 0) is 124 Å². The van der Waals surface area contributed by atoms with E-state index in [1.165, 1.54) is 128 Å². The minimum atomic E-state index is -2.63. The Labute approximate surface area is 852 Å². The van der Waals surface area contributed by atoms with Gasteiger partial charge in [0.05, 0.1) is 72.4 Å². The van der Waals surface area contributed by atoms with Gasteiger partial charge in [0.2, 0.25) is 24.0 Å². The van der Waals surface area contributed by atoms with E-state index < -0.39 is 287 Å². The van der Waals surface area contributed by atoms with Crippen LogP contribution >= 0.6 is 0 Å². The summed E-state index contributed by atoms with van der Waals surface area (Å²) in [4.78, 5) is 240. The van der Waals surface area contributed by atoms with Crippen LogP contribution in [0.25, 0.3) is 0 Å². The van der Waals surface area contributed by atoms with Crippen LogP contribution in [0.3, 0.4) is 0 Å². The zero-order chi connectivity index (χ0) is 106. The molecular weight excluding hydrogens is 1920 g/mol. The highest BCUT2D eigenvalue weighted by Gasteiger charge is 2.81. The zero-order valence-electron chi connectivity index (χ0n) is 84.0. The van der Waals surface area contributed by atoms with Gasteiger partial charge < -0.3 is 107 Å². The molecule has 0 radical (unpaired) electrons. The number of hydrogen-bond acceptors (Lipinski definition) is 34. The molecule has 4 bridgehead atoms. The van der Waals surface area contributed by atoms with Gasteiger partial charge in [0, 0.05) is 88.4 Å². The largest absolute Gasteiger partial charge is 0.455 e. The monoisotopic (exact) mass is 2040 g/mol. The quantitative estimate of drug-likeness (QED) is 0.0105. The smallest absolute Gasteiger partial charge is 0.350 e. The molecule has 6 N–H and O–H groups in total. The number of carbonyl (C=O) groups is 16. The van der Waals surface area contributed by atoms with Gasteiger partial charge in [-0.3, -0.25) is 47.9 Å². The first-order valence-electron chi connectivity index (χ1n) is 49.5. The molecule has 38 nitrogen and oxygen atoms in total. The number of aliphatic hydroxyl groups is 4. The highest BCUT2D eigenvalue weighted by atomic mass is 16.7. The number of esters is 10. The van der Waals surface area contributed by atoms with Crippen molar-refractivity contribution in [3.63, 3.8) is 0 Å². The van der Waals surface area contributed by atoms with Crippen LogP contribution in [0.4, 0.5) is 0 Å². The van der Waals surface area contributed by atoms with Crippen molar-refractivity contribution in [2.24, 2.45) is 33.5 Å². The number of ether oxygens (including phenoxy) is 14. The molecule has 0 aromatic heterocycles. The molecule has 6 aliphatic carbocycles. The molecule has 4 saturated heterocycles. The Kier molecular flexibility index (Phi) is 30.8. The third kappa shape index (κ3) is 19.6. The van der Waals surface area contributed by atoms with E-state index in [4.69, 9.17) is 66.3 Å². The average Bonchev–Trinajstić information content (AvgIpc) is 0.724. The van der Waals surface area contributed by atoms with Crippen LogP contribution in [0.2, 0.25) is 0 Å². The molecule has 6 aromatic rings. The van der Waals surface area contributed by atoms with Gasteiger partial charge in [0.15, 0.2) is 35.0 Å². The van der Waals surface area contributed by atoms with Crippen LogP contribution in [0.1, 0.15) is 199 Å². The summed E-state index contributed by atoms with van der Waals surface area (Å²) in [5.41, 5.74) is -17.2. The lowest BCUT2D eigenvalue weighted by Crippen LogP contribution is -2.82. The second kappa shape index (κ2) is 42.6. The van der Waals surface area contributed by atoms with Crippen LogP contribution in [0, 0.1) is 33.5 Å². The van der Waals surface area contributed by atoms with Gasteiger partial charge in [-0.25, -0.2) is 28.8 Å². The van der Waals surface area contributed by atoms with Gasteiger partial charge >= 0.3 is 59.7 Å². The van der Waals surface area contributed by atoms with Crippen molar-refractivity contribution in [1.29, 1.82) is 0 Å². The van der Waals surface area contributed by atoms with Gasteiger partial charge in [0.25, 0.3) is 11.8 Å². The number of nitrogens with zero attached hydrogens (tertiary/aromatic N) is 2. The van der Waals surface area contributed by atoms with Crippen molar-refractivity contribution in [2.75, 3.05) is 52.7 Å². The number of carbonyl (C=O) groups excluding carboxylic acids is 16. The molecule has 4 heterocycles. The molecule has 4 unspecified atom stereocenters. The molecule has 16 rings (SSSR count). The molecule has 0 spiro atoms. The number of aliphatic hydroxyl groups excluding tert-OH is 2. The summed E-state index contributed by atoms with van der Waals surface area (Å²) >= 11 is 0. The number of hydrogen-bond donors (Lipinski definition) is 6. The predicted octanol–water partition coefficient (Wildman–Crippen LogP) is 7.60. The molecular formula is C110H122N4O34. The average molecular weight is 2040 g/mol. The molecule has 8 fully saturated rings. The van der Waals surface area contributed by atoms with Gasteiger partial charge in [-0.15, -0.1) is 0 Å². The maximum atomic E-state index is 16.2. The number of benzene rings is 6. The Morgan fingerprint density at radius 1 is 0.426 bits per heavy atom. The van der Waals surface area contributed by atoms with Gasteiger partial charge in [-0.2, -0.15) is 0 Å². The van der Waals surface area contributed by atoms with E-state index in [9.17, 15) is 68.4 Å². The summed E-state index contributed by atoms with van der Waals surface area (Å²) in [5.74, 6) is -19.5. The maximum absolute atomic E-state index is 16.2. The molecule has 6 aromatic carbocycles. The van der Waals surface area contributed by atoms with Gasteiger partial charge in [-0.1, -0.05) is 161 Å². The number of fused-ring (bicyclic) bond motifs is 10. The summed E-state index contributed by atoms with van der Waals surface area (Å²) in [5, 5.41) is 59.4. The summed E-state index contributed by atoms with van der Waals surface area (Å²) in [6, 6.07) is 40.3. The fraction of sp³-hybridized carbons (Fsp3) is 0.491. The van der Waals surface area contributed by atoms with Crippen molar-refractivity contribution < 1.29 is 163 Å². The van der Waals surface area contributed by atoms with Crippen LogP contribution in [0.15, 0.2) is 204 Å². The third-order valence-corrected chi connectivity index (χ3v) is 31.9. The zero-order valence-corrected chi connectivity index (χ0v) is 84.0. The molecule has 4 aliphatic heterocycles. The Hall–Kier alpha value is -13.6. The lowest BCUT2D eigenvalue weighted by Gasteiger charge is -2.67. The Morgan fingerprint density at radius 3 is 1.05 bits per heavy atom. The number of likely N-dealkylation sites (tertiary alicyclic amines) is 2. The topological polar surface area (TPSA) is 514 Å². The van der Waals surface area contributed by atoms with Gasteiger partial charge in [0.1, 0.15) is 85.2 Å². The summed E-state index contributed by atoms with van der Waals surface area (Å²) < 4.78 is 87.2. The number of nitrogens with one attached hydrogen (secondary N) is 2. The molecule has 148 heavy (non-hydrogen) atoms. The molecule has 4 amide bonds. The number of Topliss-reactive ketones (excluding diaryl/α,β-unsaturated/α-hetero) is 2. The normalized spacial score (nSPS) is 30.7. The Morgan fingerprint density at radius 2 is 0.743 bits per heavy atom. The van der Waals surface area contributed by atoms with Crippen molar-refractivity contribution in [2.45, 2.75) is 254 Å². The van der Waals surface area contributed by atoms with Crippen LogP contribution in [-0.4, -0.2) is 286 Å². The van der Waals surface area contributed by atoms with E-state index in [1.54, 1.807) is 109 Å². The first kappa shape index (κ1) is 107. The lowest BCUT2D eigenvalue weighted by molar-refractivity contribution is -0.346. The summed E-state index contributed by atoms with van der Waals surface area (Å²) in [6.07, 6.45) is -23.7. The van der Waals surface area contributed by atoms with E-state index >= 15 is 28.8 Å². The predicted molar refractivity (Wildman–Crippen MR) is 514 cm³/mol. The molecule has 38 heteroatoms. The molecule has 786 valence electrons. The van der Waals surface area contributed by atoms with Crippen molar-refractivity contribution in [1.82, 2.24) is 20.4 Å². The van der Waals surface area contributed by atoms with Crippen LogP contribution < -0.4 is 10.6 Å². The fourth-order valence-electron chi connectivity index (χ4n) is 24.2. The SMILES string of the molecule is CC(=O)O[C@H]1C(=O)[C@@]2(C)C(C(OC(=O)c3ccccc3)[C@]3(O)C[C@H](OC(=O)[C@H](OC(=O)[C@@H]4CCCN4C(=O)COCCOCC(=O)N4CCC[C@H]4C(=O)O[C@@H](C(=O)O[C@H]4C[C@@]5(O)C(OC(=O)c6ccccc6)C6[C@](C)(C(=O)[C@H](OC(C)=O)C(=C4C)C5(C)C)[C@@H](O)C[C@H]4OC[C@@]64OC(C)=O)[C@@H](NC(=O)c4ccccc4)c4ccccc4)[C@@H](NC(=O)c4ccccc4)c4ccccc4)C(C)=C1C3(C)C)[C@]1(OC(C)=O)CO[C@@H]1C[C@@H]2O. The molecule has 24 atom stereocenters. The van der Waals surface area contributed by atoms with E-state index in [-0.39, 0.29) is 121 Å². The first-order valence-corrected chi connectivity index (χ1v) is 49.5. The minimum absolute atomic E-state index is 0.00718.